The van der Waals surface area contributed by atoms with E-state index in [-0.39, 0.29) is 24.6 Å². The molecule has 0 radical (unpaired) electrons. The molecule has 1 aromatic rings. The lowest BCUT2D eigenvalue weighted by atomic mass is 10.1. The van der Waals surface area contributed by atoms with Gasteiger partial charge < -0.3 is 43.2 Å². The number of benzene rings is 1. The number of aromatic nitrogens is 4. The molecule has 1 aromatic carbocycles. The third-order valence-electron chi connectivity index (χ3n) is 6.83. The van der Waals surface area contributed by atoms with E-state index in [1.807, 2.05) is 34.6 Å². The van der Waals surface area contributed by atoms with Gasteiger partial charge in [0.2, 0.25) is 0 Å². The first-order valence-corrected chi connectivity index (χ1v) is 16.2. The van der Waals surface area contributed by atoms with Crippen molar-refractivity contribution in [1.82, 2.24) is 24.8 Å². The summed E-state index contributed by atoms with van der Waals surface area (Å²) in [5.74, 6) is -0.0965. The van der Waals surface area contributed by atoms with Gasteiger partial charge in [-0.1, -0.05) is 0 Å². The Morgan fingerprint density at radius 3 is 2.28 bits per heavy atom. The minimum Gasteiger partial charge on any atom is -0.441 e. The van der Waals surface area contributed by atoms with Crippen LogP contribution < -0.4 is 16.6 Å². The number of aliphatic hydroxyl groups is 3. The Balaban J connectivity index is 1.72. The number of aryl methyl sites for hydroxylation is 2. The summed E-state index contributed by atoms with van der Waals surface area (Å²) in [6, 6.07) is 3.97. The molecule has 0 saturated carbocycles. The summed E-state index contributed by atoms with van der Waals surface area (Å²) in [5.41, 5.74) is 0.849. The zero-order chi connectivity index (χ0) is 31.7. The van der Waals surface area contributed by atoms with Crippen LogP contribution in [0, 0.1) is 13.8 Å². The average Bonchev–Trinajstić information content (AvgIpc) is 2.95. The Morgan fingerprint density at radius 1 is 1.05 bits per heavy atom. The number of amides is 1. The van der Waals surface area contributed by atoms with Gasteiger partial charge in [-0.2, -0.15) is 4.98 Å². The van der Waals surface area contributed by atoms with Crippen molar-refractivity contribution in [1.29, 1.82) is 0 Å². The van der Waals surface area contributed by atoms with Crippen molar-refractivity contribution >= 4 is 25.9 Å². The molecule has 3 atom stereocenters. The Morgan fingerprint density at radius 2 is 1.67 bits per heavy atom. The fourth-order valence-corrected chi connectivity index (χ4v) is 7.28. The molecule has 0 unspecified atom stereocenters. The van der Waals surface area contributed by atoms with E-state index in [0.717, 1.165) is 11.1 Å². The summed E-state index contributed by atoms with van der Waals surface area (Å²) < 4.78 is 24.0. The van der Waals surface area contributed by atoms with Crippen LogP contribution >= 0.6 is 0 Å². The summed E-state index contributed by atoms with van der Waals surface area (Å²) in [6.07, 6.45) is -5.30. The van der Waals surface area contributed by atoms with Gasteiger partial charge in [0.15, 0.2) is 17.6 Å². The van der Waals surface area contributed by atoms with Crippen molar-refractivity contribution in [3.8, 4) is 11.5 Å². The van der Waals surface area contributed by atoms with E-state index in [9.17, 15) is 29.7 Å². The number of carbonyl (C=O) groups is 1. The molecular weight excluding hydrogens is 582 g/mol. The molecule has 238 valence electrons. The molecule has 0 spiro atoms. The minimum atomic E-state index is -2.89. The van der Waals surface area contributed by atoms with Crippen LogP contribution in [0.2, 0.25) is 6.04 Å². The number of carbonyl (C=O) groups excluding carboxylic acids is 1. The van der Waals surface area contributed by atoms with Gasteiger partial charge in [-0.3, -0.25) is 9.78 Å². The van der Waals surface area contributed by atoms with Crippen molar-refractivity contribution in [3.63, 3.8) is 0 Å². The summed E-state index contributed by atoms with van der Waals surface area (Å²) >= 11 is 0. The molecular formula is C27H41N5O10Si. The van der Waals surface area contributed by atoms with E-state index < -0.39 is 51.1 Å². The highest BCUT2D eigenvalue weighted by atomic mass is 28.4. The number of nitrogens with zero attached hydrogens (tertiary/aromatic N) is 3. The molecule has 2 aliphatic rings. The summed E-state index contributed by atoms with van der Waals surface area (Å²) in [6.45, 7) is 9.58. The number of H-pyrrole nitrogens is 1. The number of nitrogens with one attached hydrogen (secondary N) is 2. The molecule has 43 heavy (non-hydrogen) atoms. The van der Waals surface area contributed by atoms with Crippen molar-refractivity contribution in [2.24, 2.45) is 0 Å². The van der Waals surface area contributed by atoms with Crippen LogP contribution in [-0.2, 0) is 24.6 Å². The second-order valence-electron chi connectivity index (χ2n) is 9.89. The van der Waals surface area contributed by atoms with Crippen molar-refractivity contribution in [2.75, 3.05) is 33.0 Å². The van der Waals surface area contributed by atoms with Gasteiger partial charge in [-0.05, 0) is 64.3 Å². The molecule has 0 aromatic heterocycles. The molecule has 5 N–H and O–H groups in total. The van der Waals surface area contributed by atoms with Crippen LogP contribution in [-0.4, -0.2) is 101 Å². The van der Waals surface area contributed by atoms with Gasteiger partial charge in [0.05, 0.1) is 24.2 Å². The van der Waals surface area contributed by atoms with Crippen LogP contribution in [0.15, 0.2) is 21.7 Å². The third kappa shape index (κ3) is 8.44. The maximum atomic E-state index is 12.5. The summed E-state index contributed by atoms with van der Waals surface area (Å²) in [7, 11) is -2.89. The smallest absolute Gasteiger partial charge is 0.441 e. The monoisotopic (exact) mass is 623 g/mol. The van der Waals surface area contributed by atoms with Crippen LogP contribution in [0.3, 0.4) is 0 Å². The molecule has 1 amide bonds. The minimum absolute atomic E-state index is 0.0965. The Bertz CT molecular complexity index is 1450. The van der Waals surface area contributed by atoms with Crippen LogP contribution in [0.1, 0.15) is 38.3 Å². The molecule has 0 bridgehead atoms. The van der Waals surface area contributed by atoms with Crippen molar-refractivity contribution < 1.29 is 38.1 Å². The highest BCUT2D eigenvalue weighted by molar-refractivity contribution is 6.60. The number of rotatable bonds is 16. The number of ether oxygens (including phenoxy) is 1. The largest absolute Gasteiger partial charge is 0.500 e. The van der Waals surface area contributed by atoms with Crippen LogP contribution in [0.5, 0.6) is 0 Å². The van der Waals surface area contributed by atoms with Gasteiger partial charge in [-0.15, -0.1) is 0 Å². The number of aromatic amines is 1. The van der Waals surface area contributed by atoms with Gasteiger partial charge in [-0.25, -0.2) is 14.6 Å². The first kappa shape index (κ1) is 34.2. The van der Waals surface area contributed by atoms with Gasteiger partial charge in [0.25, 0.3) is 5.56 Å². The Kier molecular flexibility index (Phi) is 12.3. The lowest BCUT2D eigenvalue weighted by Crippen LogP contribution is -2.47. The first-order chi connectivity index (χ1) is 20.5. The van der Waals surface area contributed by atoms with Gasteiger partial charge in [0, 0.05) is 32.4 Å². The molecule has 2 aliphatic heterocycles. The van der Waals surface area contributed by atoms with E-state index in [0.29, 0.717) is 43.3 Å². The molecule has 3 rings (SSSR count). The molecule has 2 heterocycles. The quantitative estimate of drug-likeness (QED) is 0.0837. The number of hydrogen-bond donors (Lipinski definition) is 5. The van der Waals surface area contributed by atoms with Crippen LogP contribution in [0.25, 0.3) is 22.6 Å². The number of aliphatic hydroxyl groups excluding tert-OH is 3. The van der Waals surface area contributed by atoms with Crippen molar-refractivity contribution in [3.05, 3.63) is 44.1 Å². The normalized spacial score (nSPS) is 14.1. The number of hydrogen-bond acceptors (Lipinski definition) is 12. The van der Waals surface area contributed by atoms with E-state index in [2.05, 4.69) is 20.3 Å². The zero-order valence-electron chi connectivity index (χ0n) is 25.1. The van der Waals surface area contributed by atoms with Gasteiger partial charge in [0.1, 0.15) is 12.2 Å². The molecule has 0 fully saturated rings. The van der Waals surface area contributed by atoms with E-state index in [1.165, 1.54) is 4.57 Å². The Hall–Kier alpha value is -3.25. The maximum absolute atomic E-state index is 12.5. The second-order valence-corrected chi connectivity index (χ2v) is 12.6. The topological polar surface area (TPSA) is 207 Å². The zero-order valence-corrected chi connectivity index (χ0v) is 26.1. The standard InChI is InChI=1S/C27H41N5O10Si/c1-6-39-43(40-7-2,41-8-3)11-9-10-28-27(38)42-21(15-33)23(35)20(34)14-32-19-13-17(5)16(4)12-18(19)29-22-24(32)30-26(37)31-25(22)36/h12-13,20-21,23,33-35H,6-11,14-15H2,1-5H3,(H,28,38)(H,31,36,37)/t20-,21+,23-/m0/s1. The average molecular weight is 624 g/mol. The van der Waals surface area contributed by atoms with Crippen LogP contribution in [0.4, 0.5) is 4.79 Å². The third-order valence-corrected chi connectivity index (χ3v) is 9.98. The summed E-state index contributed by atoms with van der Waals surface area (Å²) in [5, 5.41) is 34.3. The highest BCUT2D eigenvalue weighted by Gasteiger charge is 2.39. The molecule has 16 heteroatoms. The first-order valence-electron chi connectivity index (χ1n) is 14.2. The second kappa shape index (κ2) is 15.5. The van der Waals surface area contributed by atoms with Crippen molar-refractivity contribution in [2.45, 2.75) is 71.9 Å². The number of fused-ring (bicyclic) bond motifs is 2. The lowest BCUT2D eigenvalue weighted by Gasteiger charge is -2.28. The Labute approximate surface area is 249 Å². The molecule has 0 saturated heterocycles. The van der Waals surface area contributed by atoms with E-state index in [4.69, 9.17) is 18.0 Å². The fraction of sp³-hybridized carbons (Fsp3) is 0.593. The SMILES string of the molecule is CCO[Si](CCCNC(=O)O[C@H](CO)[C@@H](O)[C@@H](O)Cn1c2nc(=O)[nH]c(=O)c-2nc2cc(C)c(C)cc21)(OCC)OCC. The fourth-order valence-electron chi connectivity index (χ4n) is 4.67. The molecule has 0 aliphatic carbocycles. The maximum Gasteiger partial charge on any atom is 0.500 e. The van der Waals surface area contributed by atoms with Gasteiger partial charge >= 0.3 is 20.6 Å². The predicted molar refractivity (Wildman–Crippen MR) is 158 cm³/mol. The predicted octanol–water partition coefficient (Wildman–Crippen LogP) is 0.449. The lowest BCUT2D eigenvalue weighted by molar-refractivity contribution is -0.0841. The molecule has 15 nitrogen and oxygen atoms in total. The van der Waals surface area contributed by atoms with E-state index in [1.54, 1.807) is 12.1 Å². The van der Waals surface area contributed by atoms with E-state index >= 15 is 0 Å². The highest BCUT2D eigenvalue weighted by Crippen LogP contribution is 2.25. The summed E-state index contributed by atoms with van der Waals surface area (Å²) in [4.78, 5) is 47.3. The number of alkyl carbamates (subject to hydrolysis) is 1.